The van der Waals surface area contributed by atoms with Gasteiger partial charge in [-0.1, -0.05) is 31.0 Å². The maximum Gasteiger partial charge on any atom is 0.183 e. The van der Waals surface area contributed by atoms with Crippen LogP contribution in [0.5, 0.6) is 5.75 Å². The molecule has 0 saturated heterocycles. The summed E-state index contributed by atoms with van der Waals surface area (Å²) < 4.78 is 7.98. The first-order valence-electron chi connectivity index (χ1n) is 11.4. The van der Waals surface area contributed by atoms with Gasteiger partial charge in [-0.25, -0.2) is 4.98 Å². The van der Waals surface area contributed by atoms with Crippen LogP contribution in [0.4, 0.5) is 0 Å². The maximum absolute atomic E-state index is 6.61. The first-order chi connectivity index (χ1) is 15.6. The Morgan fingerprint density at radius 3 is 2.84 bits per heavy atom. The van der Waals surface area contributed by atoms with Crippen LogP contribution in [-0.4, -0.2) is 32.7 Å². The molecule has 7 heteroatoms. The van der Waals surface area contributed by atoms with Gasteiger partial charge in [0, 0.05) is 12.1 Å². The fourth-order valence-electron chi connectivity index (χ4n) is 3.95. The standard InChI is InChI=1S/C25H28ClN5O/c1-3-4-11-32-19-8-9-21(26)20(13-19)25-30-29-24-16(2)28-22-10-7-18(12-23(22)31(24)25)15-27-14-17-5-6-17/h7-10,12-13,17,27H,3-6,11,14-15H2,1-2H3. The number of hydrogen-bond donors (Lipinski definition) is 1. The van der Waals surface area contributed by atoms with E-state index in [-0.39, 0.29) is 0 Å². The van der Waals surface area contributed by atoms with E-state index < -0.39 is 0 Å². The Hall–Kier alpha value is -2.70. The lowest BCUT2D eigenvalue weighted by atomic mass is 10.1. The van der Waals surface area contributed by atoms with Crippen molar-refractivity contribution in [3.05, 3.63) is 52.7 Å². The molecule has 1 aliphatic carbocycles. The van der Waals surface area contributed by atoms with Crippen molar-refractivity contribution in [1.29, 1.82) is 0 Å². The SMILES string of the molecule is CCCCOc1ccc(Cl)c(-c2nnc3c(C)nc4ccc(CNCC5CC5)cc4n23)c1. The normalized spacial score (nSPS) is 13.8. The van der Waals surface area contributed by atoms with E-state index in [2.05, 4.69) is 45.0 Å². The van der Waals surface area contributed by atoms with Gasteiger partial charge in [0.25, 0.3) is 0 Å². The van der Waals surface area contributed by atoms with Crippen LogP contribution in [0.1, 0.15) is 43.9 Å². The molecule has 2 aromatic heterocycles. The van der Waals surface area contributed by atoms with Crippen molar-refractivity contribution in [2.24, 2.45) is 5.92 Å². The molecule has 0 aliphatic heterocycles. The Kier molecular flexibility index (Phi) is 5.98. The molecule has 5 rings (SSSR count). The molecule has 2 heterocycles. The van der Waals surface area contributed by atoms with Crippen LogP contribution >= 0.6 is 11.6 Å². The minimum atomic E-state index is 0.618. The Morgan fingerprint density at radius 1 is 1.16 bits per heavy atom. The smallest absolute Gasteiger partial charge is 0.183 e. The zero-order chi connectivity index (χ0) is 22.1. The summed E-state index contributed by atoms with van der Waals surface area (Å²) in [6.07, 6.45) is 4.80. The van der Waals surface area contributed by atoms with Gasteiger partial charge in [0.1, 0.15) is 5.75 Å². The van der Waals surface area contributed by atoms with Crippen LogP contribution in [0.25, 0.3) is 28.1 Å². The minimum Gasteiger partial charge on any atom is -0.494 e. The number of halogens is 1. The second-order valence-corrected chi connectivity index (χ2v) is 9.03. The number of unbranched alkanes of at least 4 members (excludes halogenated alkanes) is 1. The monoisotopic (exact) mass is 449 g/mol. The van der Waals surface area contributed by atoms with E-state index in [9.17, 15) is 0 Å². The number of aryl methyl sites for hydroxylation is 1. The Morgan fingerprint density at radius 2 is 2.03 bits per heavy atom. The predicted octanol–water partition coefficient (Wildman–Crippen LogP) is 5.58. The summed E-state index contributed by atoms with van der Waals surface area (Å²) in [6.45, 7) is 6.71. The molecule has 0 radical (unpaired) electrons. The molecule has 1 N–H and O–H groups in total. The summed E-state index contributed by atoms with van der Waals surface area (Å²) in [5, 5.41) is 13.2. The second kappa shape index (κ2) is 9.04. The van der Waals surface area contributed by atoms with Crippen LogP contribution in [0.15, 0.2) is 36.4 Å². The number of ether oxygens (including phenoxy) is 1. The molecule has 0 amide bonds. The number of nitrogens with zero attached hydrogens (tertiary/aromatic N) is 4. The van der Waals surface area contributed by atoms with E-state index in [1.54, 1.807) is 0 Å². The van der Waals surface area contributed by atoms with E-state index in [4.69, 9.17) is 21.3 Å². The van der Waals surface area contributed by atoms with Crippen LogP contribution in [-0.2, 0) is 6.54 Å². The van der Waals surface area contributed by atoms with E-state index in [1.807, 2.05) is 25.1 Å². The van der Waals surface area contributed by atoms with Crippen LogP contribution in [0.3, 0.4) is 0 Å². The lowest BCUT2D eigenvalue weighted by Crippen LogP contribution is -2.16. The molecule has 4 aromatic rings. The average Bonchev–Trinajstić information content (AvgIpc) is 3.51. The lowest BCUT2D eigenvalue weighted by molar-refractivity contribution is 0.309. The summed E-state index contributed by atoms with van der Waals surface area (Å²) in [4.78, 5) is 4.76. The van der Waals surface area contributed by atoms with Crippen molar-refractivity contribution in [2.75, 3.05) is 13.2 Å². The molecule has 1 fully saturated rings. The van der Waals surface area contributed by atoms with E-state index in [1.165, 1.54) is 18.4 Å². The van der Waals surface area contributed by atoms with Gasteiger partial charge in [0.2, 0.25) is 0 Å². The van der Waals surface area contributed by atoms with Gasteiger partial charge in [0.15, 0.2) is 11.5 Å². The summed E-state index contributed by atoms with van der Waals surface area (Å²) in [5.41, 5.74) is 5.48. The van der Waals surface area contributed by atoms with E-state index >= 15 is 0 Å². The Bertz CT molecular complexity index is 1260. The largest absolute Gasteiger partial charge is 0.494 e. The van der Waals surface area contributed by atoms with Crippen molar-refractivity contribution in [1.82, 2.24) is 24.9 Å². The molecule has 166 valence electrons. The molecule has 1 aliphatic rings. The molecule has 1 saturated carbocycles. The Labute approximate surface area is 193 Å². The van der Waals surface area contributed by atoms with E-state index in [0.29, 0.717) is 17.5 Å². The molecule has 2 aromatic carbocycles. The number of fused-ring (bicyclic) bond motifs is 3. The van der Waals surface area contributed by atoms with Gasteiger partial charge < -0.3 is 10.1 Å². The quantitative estimate of drug-likeness (QED) is 0.338. The highest BCUT2D eigenvalue weighted by atomic mass is 35.5. The van der Waals surface area contributed by atoms with Crippen molar-refractivity contribution < 1.29 is 4.74 Å². The van der Waals surface area contributed by atoms with Crippen molar-refractivity contribution in [3.63, 3.8) is 0 Å². The van der Waals surface area contributed by atoms with Gasteiger partial charge in [-0.3, -0.25) is 4.40 Å². The summed E-state index contributed by atoms with van der Waals surface area (Å²) in [7, 11) is 0. The summed E-state index contributed by atoms with van der Waals surface area (Å²) >= 11 is 6.61. The molecular formula is C25H28ClN5O. The molecule has 32 heavy (non-hydrogen) atoms. The minimum absolute atomic E-state index is 0.618. The maximum atomic E-state index is 6.61. The molecule has 0 unspecified atom stereocenters. The highest BCUT2D eigenvalue weighted by Crippen LogP contribution is 2.33. The molecule has 0 bridgehead atoms. The van der Waals surface area contributed by atoms with Crippen molar-refractivity contribution in [3.8, 4) is 17.1 Å². The highest BCUT2D eigenvalue weighted by molar-refractivity contribution is 6.33. The third kappa shape index (κ3) is 4.30. The van der Waals surface area contributed by atoms with Gasteiger partial charge in [-0.15, -0.1) is 10.2 Å². The molecular weight excluding hydrogens is 422 g/mol. The summed E-state index contributed by atoms with van der Waals surface area (Å²) in [5.74, 6) is 2.34. The lowest BCUT2D eigenvalue weighted by Gasteiger charge is -2.11. The zero-order valence-electron chi connectivity index (χ0n) is 18.6. The number of aromatic nitrogens is 4. The number of nitrogens with one attached hydrogen (secondary N) is 1. The predicted molar refractivity (Wildman–Crippen MR) is 128 cm³/mol. The number of hydrogen-bond acceptors (Lipinski definition) is 5. The van der Waals surface area contributed by atoms with Gasteiger partial charge in [-0.2, -0.15) is 0 Å². The fourth-order valence-corrected chi connectivity index (χ4v) is 4.15. The summed E-state index contributed by atoms with van der Waals surface area (Å²) in [6, 6.07) is 12.1. The number of rotatable bonds is 9. The average molecular weight is 450 g/mol. The first kappa shape index (κ1) is 21.2. The van der Waals surface area contributed by atoms with Gasteiger partial charge in [0.05, 0.1) is 28.4 Å². The third-order valence-corrected chi connectivity index (χ3v) is 6.29. The Balaban J connectivity index is 1.57. The van der Waals surface area contributed by atoms with Gasteiger partial charge >= 0.3 is 0 Å². The fraction of sp³-hybridized carbons (Fsp3) is 0.400. The van der Waals surface area contributed by atoms with Crippen LogP contribution in [0.2, 0.25) is 5.02 Å². The zero-order valence-corrected chi connectivity index (χ0v) is 19.3. The third-order valence-electron chi connectivity index (χ3n) is 5.96. The molecule has 0 atom stereocenters. The van der Waals surface area contributed by atoms with Gasteiger partial charge in [-0.05, 0) is 74.5 Å². The molecule has 0 spiro atoms. The highest BCUT2D eigenvalue weighted by Gasteiger charge is 2.20. The van der Waals surface area contributed by atoms with Crippen LogP contribution in [0, 0.1) is 12.8 Å². The van der Waals surface area contributed by atoms with E-state index in [0.717, 1.165) is 65.5 Å². The van der Waals surface area contributed by atoms with Crippen molar-refractivity contribution in [2.45, 2.75) is 46.1 Å². The topological polar surface area (TPSA) is 64.3 Å². The first-order valence-corrected chi connectivity index (χ1v) is 11.8. The number of benzene rings is 2. The molecule has 6 nitrogen and oxygen atoms in total. The second-order valence-electron chi connectivity index (χ2n) is 8.62. The van der Waals surface area contributed by atoms with Crippen LogP contribution < -0.4 is 10.1 Å². The van der Waals surface area contributed by atoms with Crippen molar-refractivity contribution >= 4 is 28.3 Å².